The third kappa shape index (κ3) is 4.87. The number of amides is 1. The number of carbonyl (C=O) groups excluding carboxylic acids is 1. The van der Waals surface area contributed by atoms with Crippen molar-refractivity contribution in [2.45, 2.75) is 13.3 Å². The van der Waals surface area contributed by atoms with E-state index in [4.69, 9.17) is 4.74 Å². The second-order valence-corrected chi connectivity index (χ2v) is 3.71. The van der Waals surface area contributed by atoms with Crippen LogP contribution in [0.2, 0.25) is 0 Å². The number of hydrogen-bond donors (Lipinski definition) is 2. The van der Waals surface area contributed by atoms with Crippen LogP contribution in [0.15, 0.2) is 24.3 Å². The summed E-state index contributed by atoms with van der Waals surface area (Å²) >= 11 is 0. The largest absolute Gasteiger partial charge is 0.383 e. The van der Waals surface area contributed by atoms with Crippen LogP contribution in [-0.2, 0) is 16.0 Å². The van der Waals surface area contributed by atoms with E-state index in [1.165, 1.54) is 5.56 Å². The number of rotatable bonds is 7. The maximum Gasteiger partial charge on any atom is 0.239 e. The van der Waals surface area contributed by atoms with E-state index in [0.29, 0.717) is 19.7 Å². The average Bonchev–Trinajstić information content (AvgIpc) is 2.37. The highest BCUT2D eigenvalue weighted by Crippen LogP contribution is 2.14. The maximum atomic E-state index is 11.5. The maximum absolute atomic E-state index is 11.5. The van der Waals surface area contributed by atoms with Gasteiger partial charge in [0.25, 0.3) is 0 Å². The van der Waals surface area contributed by atoms with Crippen molar-refractivity contribution >= 4 is 11.6 Å². The van der Waals surface area contributed by atoms with Gasteiger partial charge in [0.15, 0.2) is 0 Å². The molecule has 1 aromatic carbocycles. The Morgan fingerprint density at radius 2 is 2.12 bits per heavy atom. The van der Waals surface area contributed by atoms with Crippen LogP contribution in [0.3, 0.4) is 0 Å². The van der Waals surface area contributed by atoms with Crippen molar-refractivity contribution in [3.63, 3.8) is 0 Å². The van der Waals surface area contributed by atoms with Crippen LogP contribution in [-0.4, -0.2) is 32.7 Å². The lowest BCUT2D eigenvalue weighted by atomic mass is 10.1. The lowest BCUT2D eigenvalue weighted by molar-refractivity contribution is -0.119. The van der Waals surface area contributed by atoms with E-state index in [0.717, 1.165) is 12.1 Å². The average molecular weight is 236 g/mol. The molecule has 1 rings (SSSR count). The minimum atomic E-state index is -0.0204. The van der Waals surface area contributed by atoms with Gasteiger partial charge in [0.05, 0.1) is 13.2 Å². The van der Waals surface area contributed by atoms with Gasteiger partial charge in [-0.15, -0.1) is 0 Å². The fourth-order valence-electron chi connectivity index (χ4n) is 1.53. The third-order valence-corrected chi connectivity index (χ3v) is 2.47. The molecule has 1 amide bonds. The van der Waals surface area contributed by atoms with Crippen molar-refractivity contribution < 1.29 is 9.53 Å². The van der Waals surface area contributed by atoms with E-state index in [-0.39, 0.29) is 5.91 Å². The van der Waals surface area contributed by atoms with Crippen LogP contribution in [0.4, 0.5) is 5.69 Å². The van der Waals surface area contributed by atoms with Gasteiger partial charge in [0.1, 0.15) is 0 Å². The monoisotopic (exact) mass is 236 g/mol. The Kier molecular flexibility index (Phi) is 6.10. The lowest BCUT2D eigenvalue weighted by Crippen LogP contribution is -2.32. The summed E-state index contributed by atoms with van der Waals surface area (Å²) in [5, 5.41) is 5.90. The van der Waals surface area contributed by atoms with E-state index in [9.17, 15) is 4.79 Å². The van der Waals surface area contributed by atoms with Crippen molar-refractivity contribution in [2.24, 2.45) is 0 Å². The molecular weight excluding hydrogens is 216 g/mol. The second kappa shape index (κ2) is 7.68. The molecule has 0 bridgehead atoms. The molecule has 4 nitrogen and oxygen atoms in total. The van der Waals surface area contributed by atoms with E-state index in [1.54, 1.807) is 7.11 Å². The Morgan fingerprint density at radius 1 is 1.35 bits per heavy atom. The molecule has 4 heteroatoms. The summed E-state index contributed by atoms with van der Waals surface area (Å²) in [6.07, 6.45) is 0.953. The summed E-state index contributed by atoms with van der Waals surface area (Å²) in [7, 11) is 1.61. The Morgan fingerprint density at radius 3 is 2.82 bits per heavy atom. The van der Waals surface area contributed by atoms with Crippen LogP contribution < -0.4 is 10.6 Å². The normalized spacial score (nSPS) is 10.0. The zero-order valence-electron chi connectivity index (χ0n) is 10.5. The van der Waals surface area contributed by atoms with Gasteiger partial charge in [-0.3, -0.25) is 4.79 Å². The smallest absolute Gasteiger partial charge is 0.239 e. The molecule has 2 N–H and O–H groups in total. The number of carbonyl (C=O) groups is 1. The van der Waals surface area contributed by atoms with Crippen LogP contribution in [0.25, 0.3) is 0 Å². The Bertz CT molecular complexity index is 353. The summed E-state index contributed by atoms with van der Waals surface area (Å²) in [4.78, 5) is 11.5. The van der Waals surface area contributed by atoms with Crippen LogP contribution in [0.1, 0.15) is 12.5 Å². The summed E-state index contributed by atoms with van der Waals surface area (Å²) in [5.41, 5.74) is 2.24. The van der Waals surface area contributed by atoms with E-state index >= 15 is 0 Å². The van der Waals surface area contributed by atoms with Crippen LogP contribution in [0.5, 0.6) is 0 Å². The van der Waals surface area contributed by atoms with Crippen molar-refractivity contribution in [3.8, 4) is 0 Å². The zero-order chi connectivity index (χ0) is 12.5. The minimum absolute atomic E-state index is 0.0204. The SMILES string of the molecule is CCc1ccccc1NCC(=O)NCCOC. The molecule has 94 valence electrons. The van der Waals surface area contributed by atoms with Crippen LogP contribution >= 0.6 is 0 Å². The summed E-state index contributed by atoms with van der Waals surface area (Å²) in [6.45, 7) is 3.48. The molecule has 0 aromatic heterocycles. The van der Waals surface area contributed by atoms with Gasteiger partial charge in [0.2, 0.25) is 5.91 Å². The molecule has 0 aliphatic heterocycles. The Labute approximate surface area is 102 Å². The van der Waals surface area contributed by atoms with Crippen LogP contribution in [0, 0.1) is 0 Å². The number of aryl methyl sites for hydroxylation is 1. The number of anilines is 1. The molecule has 0 atom stereocenters. The fourth-order valence-corrected chi connectivity index (χ4v) is 1.53. The summed E-state index contributed by atoms with van der Waals surface area (Å²) < 4.78 is 4.86. The predicted octanol–water partition coefficient (Wildman–Crippen LogP) is 1.42. The summed E-state index contributed by atoms with van der Waals surface area (Å²) in [6, 6.07) is 8.01. The highest BCUT2D eigenvalue weighted by molar-refractivity contribution is 5.80. The van der Waals surface area contributed by atoms with Gasteiger partial charge in [-0.05, 0) is 18.1 Å². The third-order valence-electron chi connectivity index (χ3n) is 2.47. The molecule has 0 unspecified atom stereocenters. The molecule has 0 aliphatic carbocycles. The van der Waals surface area contributed by atoms with E-state index in [2.05, 4.69) is 23.6 Å². The van der Waals surface area contributed by atoms with Gasteiger partial charge >= 0.3 is 0 Å². The van der Waals surface area contributed by atoms with Crippen molar-refractivity contribution in [3.05, 3.63) is 29.8 Å². The number of methoxy groups -OCH3 is 1. The van der Waals surface area contributed by atoms with E-state index in [1.807, 2.05) is 18.2 Å². The standard InChI is InChI=1S/C13H20N2O2/c1-3-11-6-4-5-7-12(11)15-10-13(16)14-8-9-17-2/h4-7,15H,3,8-10H2,1-2H3,(H,14,16). The highest BCUT2D eigenvalue weighted by Gasteiger charge is 2.02. The first-order chi connectivity index (χ1) is 8.27. The number of ether oxygens (including phenoxy) is 1. The number of para-hydroxylation sites is 1. The zero-order valence-corrected chi connectivity index (χ0v) is 10.5. The first-order valence-electron chi connectivity index (χ1n) is 5.85. The van der Waals surface area contributed by atoms with Crippen molar-refractivity contribution in [1.29, 1.82) is 0 Å². The Hall–Kier alpha value is -1.55. The van der Waals surface area contributed by atoms with Gasteiger partial charge in [-0.1, -0.05) is 25.1 Å². The number of benzene rings is 1. The molecule has 0 saturated heterocycles. The number of hydrogen-bond acceptors (Lipinski definition) is 3. The van der Waals surface area contributed by atoms with Gasteiger partial charge < -0.3 is 15.4 Å². The molecular formula is C13H20N2O2. The second-order valence-electron chi connectivity index (χ2n) is 3.71. The topological polar surface area (TPSA) is 50.4 Å². The van der Waals surface area contributed by atoms with Gasteiger partial charge in [0, 0.05) is 19.3 Å². The predicted molar refractivity (Wildman–Crippen MR) is 69.2 cm³/mol. The van der Waals surface area contributed by atoms with Crippen molar-refractivity contribution in [1.82, 2.24) is 5.32 Å². The fraction of sp³-hybridized carbons (Fsp3) is 0.462. The van der Waals surface area contributed by atoms with Gasteiger partial charge in [-0.25, -0.2) is 0 Å². The summed E-state index contributed by atoms with van der Waals surface area (Å²) in [5.74, 6) is -0.0204. The number of nitrogens with one attached hydrogen (secondary N) is 2. The van der Waals surface area contributed by atoms with Crippen molar-refractivity contribution in [2.75, 3.05) is 32.1 Å². The molecule has 0 heterocycles. The molecule has 17 heavy (non-hydrogen) atoms. The molecule has 0 radical (unpaired) electrons. The highest BCUT2D eigenvalue weighted by atomic mass is 16.5. The quantitative estimate of drug-likeness (QED) is 0.704. The molecule has 0 spiro atoms. The lowest BCUT2D eigenvalue weighted by Gasteiger charge is -2.10. The minimum Gasteiger partial charge on any atom is -0.383 e. The van der Waals surface area contributed by atoms with Gasteiger partial charge in [-0.2, -0.15) is 0 Å². The molecule has 0 aliphatic rings. The molecule has 0 fully saturated rings. The Balaban J connectivity index is 2.36. The molecule has 1 aromatic rings. The van der Waals surface area contributed by atoms with E-state index < -0.39 is 0 Å². The molecule has 0 saturated carbocycles. The first-order valence-corrected chi connectivity index (χ1v) is 5.85. The first kappa shape index (κ1) is 13.5.